The minimum Gasteiger partial charge on any atom is -0.390 e. The monoisotopic (exact) mass is 1930 g/mol. The third-order valence-corrected chi connectivity index (χ3v) is 30.7. The molecule has 14 radical (unpaired) electrons. The Balaban J connectivity index is 0.000000245. The highest BCUT2D eigenvalue weighted by Gasteiger charge is 2.53. The summed E-state index contributed by atoms with van der Waals surface area (Å²) in [6, 6.07) is -3.73. The third kappa shape index (κ3) is 28.1. The molecule has 8 fully saturated rings. The molecule has 686 valence electrons. The summed E-state index contributed by atoms with van der Waals surface area (Å²) in [5.74, 6) is -0.841. The SMILES string of the molecule is [B][B]C1CC(OP(=O)(O)OCC2OC(C)CC2OC)C(COP(=O)(O)OC2CC(B([B])[B])OC2COP(=O)(O)OP(=O)(O)OCC2OC(n3cnc4c(N)ncnc43)C(C)C2C)O1.[B][B]C1CC(OP(=O)(O)OCC2OC(C)CC2OC)C(COP(=O)(O)OC2CC(B([B])[B])OC2COP(=O)(O)OP(=O)(O)OCC2OC(n3cnc4c(N)ncnc43)C(C)C2O)O1. The van der Waals surface area contributed by atoms with Crippen LogP contribution in [0.5, 0.6) is 0 Å². The van der Waals surface area contributed by atoms with Crippen molar-refractivity contribution in [3.8, 4) is 0 Å². The van der Waals surface area contributed by atoms with Gasteiger partial charge in [0, 0.05) is 109 Å². The van der Waals surface area contributed by atoms with Crippen LogP contribution in [0.1, 0.15) is 85.6 Å². The maximum atomic E-state index is 13.2. The Kier molecular flexibility index (Phi) is 36.4. The molecule has 0 amide bonds. The van der Waals surface area contributed by atoms with Crippen LogP contribution < -0.4 is 11.5 Å². The quantitative estimate of drug-likeness (QED) is 0.0199. The van der Waals surface area contributed by atoms with E-state index in [1.807, 2.05) is 27.7 Å². The molecule has 4 aromatic rings. The Bertz CT molecular complexity index is 4430. The number of aliphatic hydroxyl groups is 1. The topological polar surface area (TPSA) is 679 Å². The minimum atomic E-state index is -5.49. The maximum Gasteiger partial charge on any atom is 0.481 e. The van der Waals surface area contributed by atoms with Gasteiger partial charge in [0.25, 0.3) is 0 Å². The van der Waals surface area contributed by atoms with Gasteiger partial charge in [0.1, 0.15) is 78.9 Å². The second-order valence-corrected chi connectivity index (χ2v) is 42.3. The number of ether oxygens (including phenoxy) is 10. The third-order valence-electron chi connectivity index (χ3n) is 21.5. The van der Waals surface area contributed by atoms with Crippen molar-refractivity contribution in [2.75, 3.05) is 78.5 Å². The Morgan fingerprint density at radius 2 is 0.698 bits per heavy atom. The standard InChI is InChI=1S/C29H47B5N5O20P4.C28H45B5N5O21P4/c1-14-5-17(48-4)21(53-14)9-49-60(40,41)57-18-6-24(33-30)54-22(18)10-50-61(42,43)58-19-7-25(34(31)32)55-23(19)11-52-63(46,47)59-62(44,45)51-8-20-15(2)16(3)29(56-20)39-13-38-26-27(35)36-12-37-28(26)39;1-13-4-15(48-3)18(53-13)7-49-60(40,41)57-16-5-22(32-29)54-19(16)8-50-61(42,43)58-17-6-23(33(30)31)55-20(17)9-51-62(44,45)59-63(46,47)52-10-21-25(39)14(2)28(56-21)38-12-37-24-26(34)35-11-36-27(24)38/h12-25,29H,5-11H2,1-4H3,(H,40,41)(H,42,43)(H,44,45)(H,46,47)(H2,35,36,37);11-23,25,28,39H,4-10H2,1-3H3,(H,40,41)(H,42,43)(H,44,45)(H,46,47)(H2,34,35,36). The smallest absolute Gasteiger partial charge is 0.390 e. The summed E-state index contributed by atoms with van der Waals surface area (Å²) >= 11 is 0. The number of anilines is 2. The lowest BCUT2D eigenvalue weighted by Crippen LogP contribution is -2.33. The van der Waals surface area contributed by atoms with Gasteiger partial charge in [-0.25, -0.2) is 66.4 Å². The number of aromatic nitrogens is 8. The molecule has 126 heavy (non-hydrogen) atoms. The first-order chi connectivity index (χ1) is 59.0. The lowest BCUT2D eigenvalue weighted by atomic mass is 9.16. The van der Waals surface area contributed by atoms with E-state index in [-0.39, 0.29) is 92.3 Å². The summed E-state index contributed by atoms with van der Waals surface area (Å²) in [7, 11) is -1.86. The summed E-state index contributed by atoms with van der Waals surface area (Å²) in [6.07, 6.45) is -12.3. The lowest BCUT2D eigenvalue weighted by molar-refractivity contribution is -0.0445. The van der Waals surface area contributed by atoms with Crippen LogP contribution in [0.25, 0.3) is 22.3 Å². The van der Waals surface area contributed by atoms with Crippen LogP contribution in [0.4, 0.5) is 11.6 Å². The minimum absolute atomic E-state index is 0.0583. The average molecular weight is 1930 g/mol. The van der Waals surface area contributed by atoms with Gasteiger partial charge in [0.15, 0.2) is 22.9 Å². The number of nitrogens with two attached hydrogens (primary N) is 2. The molecule has 0 aromatic carbocycles. The molecule has 8 saturated heterocycles. The summed E-state index contributed by atoms with van der Waals surface area (Å²) in [5.41, 5.74) is 13.1. The van der Waals surface area contributed by atoms with E-state index in [4.69, 9.17) is 160 Å². The van der Waals surface area contributed by atoms with Crippen molar-refractivity contribution in [3.63, 3.8) is 0 Å². The highest BCUT2D eigenvalue weighted by atomic mass is 31.3. The van der Waals surface area contributed by atoms with E-state index in [9.17, 15) is 80.8 Å². The number of phosphoric ester groups is 8. The largest absolute Gasteiger partial charge is 0.481 e. The highest BCUT2D eigenvalue weighted by Crippen LogP contribution is 2.63. The molecule has 0 bridgehead atoms. The summed E-state index contributed by atoms with van der Waals surface area (Å²) in [4.78, 5) is 108. The van der Waals surface area contributed by atoms with Crippen LogP contribution in [-0.4, -0.2) is 352 Å². The number of methoxy groups -OCH3 is 2. The number of hydrogen-bond donors (Lipinski definition) is 11. The molecule has 69 heteroatoms. The number of phosphoric acid groups is 8. The molecule has 0 spiro atoms. The molecule has 51 nitrogen and oxygen atoms in total. The van der Waals surface area contributed by atoms with Crippen LogP contribution in [0.3, 0.4) is 0 Å². The fourth-order valence-corrected chi connectivity index (χ4v) is 22.9. The number of nitrogens with zero attached hydrogens (tertiary/aromatic N) is 8. The second kappa shape index (κ2) is 43.9. The molecule has 12 heterocycles. The Morgan fingerprint density at radius 1 is 0.397 bits per heavy atom. The Morgan fingerprint density at radius 3 is 1.04 bits per heavy atom. The molecule has 4 aromatic heterocycles. The zero-order chi connectivity index (χ0) is 92.1. The highest BCUT2D eigenvalue weighted by molar-refractivity contribution is 7.61. The van der Waals surface area contributed by atoms with Crippen LogP contribution in [0, 0.1) is 17.8 Å². The van der Waals surface area contributed by atoms with Crippen molar-refractivity contribution >= 4 is 170 Å². The zero-order valence-electron chi connectivity index (χ0n) is 68.4. The molecule has 8 aliphatic rings. The molecular formula is C57H92B10N10O41P8. The molecular weight excluding hydrogens is 1840 g/mol. The van der Waals surface area contributed by atoms with Gasteiger partial charge in [-0.15, -0.1) is 0 Å². The number of aliphatic hydroxyl groups excluding tert-OH is 1. The van der Waals surface area contributed by atoms with Gasteiger partial charge in [-0.3, -0.25) is 63.4 Å². The van der Waals surface area contributed by atoms with Crippen LogP contribution >= 0.6 is 62.6 Å². The number of rotatable bonds is 44. The summed E-state index contributed by atoms with van der Waals surface area (Å²) in [6.45, 7) is 1.18. The van der Waals surface area contributed by atoms with Gasteiger partial charge < -0.3 is 103 Å². The number of hydrogen-bond acceptors (Lipinski definition) is 41. The van der Waals surface area contributed by atoms with Crippen molar-refractivity contribution in [2.45, 2.75) is 213 Å². The van der Waals surface area contributed by atoms with Gasteiger partial charge in [-0.2, -0.15) is 8.62 Å². The van der Waals surface area contributed by atoms with Gasteiger partial charge in [-0.1, -0.05) is 20.8 Å². The zero-order valence-corrected chi connectivity index (χ0v) is 75.5. The molecule has 34 atom stereocenters. The van der Waals surface area contributed by atoms with Crippen LogP contribution in [0.2, 0.25) is 0 Å². The van der Waals surface area contributed by atoms with Gasteiger partial charge in [0.2, 0.25) is 0 Å². The number of fused-ring (bicyclic) bond motifs is 2. The molecule has 0 saturated carbocycles. The molecule has 0 aliphatic carbocycles. The Hall–Kier alpha value is -2.13. The fourth-order valence-electron chi connectivity index (χ4n) is 14.9. The maximum absolute atomic E-state index is 13.2. The van der Waals surface area contributed by atoms with E-state index in [0.717, 1.165) is 14.3 Å². The van der Waals surface area contributed by atoms with Crippen molar-refractivity contribution in [2.24, 2.45) is 17.8 Å². The normalized spacial score (nSPS) is 36.2. The van der Waals surface area contributed by atoms with E-state index in [0.29, 0.717) is 29.7 Å². The first-order valence-electron chi connectivity index (χ1n) is 38.9. The predicted molar refractivity (Wildman–Crippen MR) is 439 cm³/mol. The molecule has 34 unspecified atom stereocenters. The first-order valence-corrected chi connectivity index (χ1v) is 50.8. The van der Waals surface area contributed by atoms with Gasteiger partial charge in [0.05, 0.1) is 154 Å². The summed E-state index contributed by atoms with van der Waals surface area (Å²) in [5, 5.41) is 10.8. The average Bonchev–Trinajstić information content (AvgIpc) is 1.62. The van der Waals surface area contributed by atoms with E-state index in [1.54, 1.807) is 11.5 Å². The van der Waals surface area contributed by atoms with E-state index in [2.05, 4.69) is 38.5 Å². The molecule has 8 aliphatic heterocycles. The van der Waals surface area contributed by atoms with Gasteiger partial charge in [-0.05, 0) is 45.4 Å². The second-order valence-electron chi connectivity index (χ2n) is 30.5. The van der Waals surface area contributed by atoms with Crippen LogP contribution in [0.15, 0.2) is 25.3 Å². The lowest BCUT2D eigenvalue weighted by Gasteiger charge is -2.25. The van der Waals surface area contributed by atoms with E-state index in [1.165, 1.54) is 44.1 Å². The van der Waals surface area contributed by atoms with E-state index >= 15 is 0 Å². The molecule has 13 N–H and O–H groups in total. The fraction of sp³-hybridized carbons (Fsp3) is 0.825. The number of nitrogen functional groups attached to an aromatic ring is 2. The molecule has 12 rings (SSSR count). The van der Waals surface area contributed by atoms with Gasteiger partial charge >= 0.3 is 62.6 Å². The first kappa shape index (κ1) is 104. The van der Waals surface area contributed by atoms with E-state index < -0.39 is 237 Å². The van der Waals surface area contributed by atoms with Crippen molar-refractivity contribution in [3.05, 3.63) is 25.3 Å². The summed E-state index contributed by atoms with van der Waals surface area (Å²) < 4.78 is 234. The predicted octanol–water partition coefficient (Wildman–Crippen LogP) is -0.375. The van der Waals surface area contributed by atoms with Crippen LogP contribution in [-0.2, 0) is 147 Å². The Labute approximate surface area is 731 Å². The van der Waals surface area contributed by atoms with Crippen molar-refractivity contribution in [1.82, 2.24) is 39.0 Å². The number of imidazole rings is 2. The van der Waals surface area contributed by atoms with Crippen molar-refractivity contribution < 1.29 is 191 Å². The van der Waals surface area contributed by atoms with Crippen molar-refractivity contribution in [1.29, 1.82) is 0 Å².